The lowest BCUT2D eigenvalue weighted by molar-refractivity contribution is -0.266. The Labute approximate surface area is 446 Å². The Balaban J connectivity index is 1.24. The van der Waals surface area contributed by atoms with Crippen LogP contribution in [0, 0.1) is 41.4 Å². The van der Waals surface area contributed by atoms with Gasteiger partial charge in [-0.15, -0.1) is 0 Å². The van der Waals surface area contributed by atoms with Crippen molar-refractivity contribution in [2.24, 2.45) is 41.4 Å². The number of Topliss-reactive ketones (excluding diaryl/α,β-unsaturated/α-hetero) is 3. The molecule has 1 aliphatic carbocycles. The number of allylic oxidation sites excluding steroid dienone is 1. The average Bonchev–Trinajstić information content (AvgIpc) is 3.37. The molecule has 1 saturated carbocycles. The number of rotatable bonds is 6. The fourth-order valence-corrected chi connectivity index (χ4v) is 13.6. The third-order valence-corrected chi connectivity index (χ3v) is 18.1. The number of ketones is 3. The van der Waals surface area contributed by atoms with E-state index in [1.165, 1.54) is 12.0 Å². The highest BCUT2D eigenvalue weighted by Crippen LogP contribution is 2.46. The van der Waals surface area contributed by atoms with E-state index < -0.39 is 108 Å². The monoisotopic (exact) mass is 1070 g/mol. The Hall–Kier alpha value is -3.29. The van der Waals surface area contributed by atoms with E-state index in [9.17, 15) is 39.3 Å². The van der Waals surface area contributed by atoms with Gasteiger partial charge in [0.15, 0.2) is 5.78 Å². The molecule has 8 aliphatic heterocycles. The first-order valence-electron chi connectivity index (χ1n) is 26.9. The van der Waals surface area contributed by atoms with Crippen LogP contribution in [0.15, 0.2) is 41.5 Å². The smallest absolute Gasteiger partial charge is 0.329 e. The summed E-state index contributed by atoms with van der Waals surface area (Å²) in [6.07, 6.45) is 3.07. The first-order chi connectivity index (χ1) is 35.1. The predicted octanol–water partition coefficient (Wildman–Crippen LogP) is 7.56. The van der Waals surface area contributed by atoms with Crippen molar-refractivity contribution in [1.29, 1.82) is 0 Å². The van der Waals surface area contributed by atoms with Crippen LogP contribution in [0.25, 0.3) is 0 Å². The fourth-order valence-electron chi connectivity index (χ4n) is 13.0. The minimum atomic E-state index is -2.50. The first kappa shape index (κ1) is 58.4. The van der Waals surface area contributed by atoms with Crippen molar-refractivity contribution < 1.29 is 67.8 Å². The van der Waals surface area contributed by atoms with Crippen LogP contribution in [0.3, 0.4) is 0 Å². The second kappa shape index (κ2) is 25.0. The Morgan fingerprint density at radius 2 is 1.54 bits per heavy atom. The van der Waals surface area contributed by atoms with Crippen molar-refractivity contribution >= 4 is 58.1 Å². The zero-order valence-electron chi connectivity index (χ0n) is 44.6. The molecule has 9 aliphatic rings. The maximum absolute atomic E-state index is 14.7. The molecule has 10 rings (SSSR count). The van der Waals surface area contributed by atoms with Gasteiger partial charge in [0.25, 0.3) is 11.7 Å². The Bertz CT molecular complexity index is 2240. The van der Waals surface area contributed by atoms with Crippen LogP contribution in [-0.2, 0) is 52.5 Å². The first-order valence-corrected chi connectivity index (χ1v) is 27.6. The number of hydrogen-bond acceptors (Lipinski definition) is 15. The summed E-state index contributed by atoms with van der Waals surface area (Å²) >= 11 is 13.7. The third-order valence-electron chi connectivity index (χ3n) is 17.5. The number of aliphatic hydroxyl groups excluding tert-OH is 2. The van der Waals surface area contributed by atoms with E-state index in [1.54, 1.807) is 64.3 Å². The second-order valence-electron chi connectivity index (χ2n) is 22.4. The number of benzene rings is 1. The highest BCUT2D eigenvalue weighted by Gasteiger charge is 2.57. The zero-order chi connectivity index (χ0) is 53.9. The summed E-state index contributed by atoms with van der Waals surface area (Å²) in [7, 11) is 4.50. The molecule has 8 bridgehead atoms. The number of esters is 1. The quantitative estimate of drug-likeness (QED) is 0.143. The molecular weight excluding hydrogens is 996 g/mol. The molecule has 74 heavy (non-hydrogen) atoms. The molecular formula is C56H80Cl2N2O14. The van der Waals surface area contributed by atoms with Gasteiger partial charge in [-0.1, -0.05) is 69.1 Å². The van der Waals surface area contributed by atoms with E-state index in [-0.39, 0.29) is 48.8 Å². The van der Waals surface area contributed by atoms with Gasteiger partial charge in [-0.25, -0.2) is 9.86 Å². The average molecular weight is 1080 g/mol. The van der Waals surface area contributed by atoms with Gasteiger partial charge in [-0.3, -0.25) is 24.0 Å². The molecule has 9 unspecified atom stereocenters. The molecule has 1 aromatic rings. The van der Waals surface area contributed by atoms with Gasteiger partial charge in [0.2, 0.25) is 5.79 Å². The molecule has 0 radical (unpaired) electrons. The van der Waals surface area contributed by atoms with Crippen LogP contribution < -0.4 is 5.06 Å². The van der Waals surface area contributed by atoms with Gasteiger partial charge in [0, 0.05) is 64.4 Å². The van der Waals surface area contributed by atoms with E-state index >= 15 is 0 Å². The molecule has 0 spiro atoms. The molecule has 3 N–H and O–H groups in total. The number of nitrogens with zero attached hydrogens (tertiary/aromatic N) is 2. The number of anilines is 1. The predicted molar refractivity (Wildman–Crippen MR) is 277 cm³/mol. The van der Waals surface area contributed by atoms with Crippen LogP contribution in [0.2, 0.25) is 10.0 Å². The lowest BCUT2D eigenvalue weighted by atomic mass is 9.68. The molecule has 1 amide bonds. The largest absolute Gasteiger partial charge is 0.460 e. The topological polar surface area (TPSA) is 208 Å². The summed E-state index contributed by atoms with van der Waals surface area (Å²) in [5.41, 5.74) is 1.66. The highest BCUT2D eigenvalue weighted by atomic mass is 35.5. The van der Waals surface area contributed by atoms with Crippen molar-refractivity contribution in [3.63, 3.8) is 0 Å². The fraction of sp³-hybridized carbons (Fsp3) is 0.732. The summed E-state index contributed by atoms with van der Waals surface area (Å²) in [5.74, 6) is -9.14. The van der Waals surface area contributed by atoms with Gasteiger partial charge in [0.05, 0.1) is 40.5 Å². The Morgan fingerprint density at radius 3 is 2.22 bits per heavy atom. The van der Waals surface area contributed by atoms with E-state index in [4.69, 9.17) is 51.7 Å². The lowest BCUT2D eigenvalue weighted by Crippen LogP contribution is -2.65. The van der Waals surface area contributed by atoms with Gasteiger partial charge >= 0.3 is 5.97 Å². The normalized spacial score (nSPS) is 41.1. The molecule has 5 fully saturated rings. The molecule has 412 valence electrons. The number of para-hydroxylation sites is 1. The molecule has 18 heteroatoms. The SMILES string of the molecule is CO[C@H]1C[C@@H]2CCC(C)C(O)(O2)C(=O)C(=O)N2CCCC3C2C(=O)O[C@@H](CC(=O)[C@H](C)/C=C(\C)C(O)[C@@H](OC)C(=O)C(C)C[C@H](C)C2CCC(/C=C/1C)ON2c1c(Cl)cccc1Cl)[C@H]3C[C@@H]1CCC(O)[C@H](OC)C1. The van der Waals surface area contributed by atoms with Crippen LogP contribution in [-0.4, -0.2) is 144 Å². The standard InChI is InChI=1S/C56H80Cl2N2O14/c1-29-22-32(4)50(63)52(71-9)51(64)33(5)23-30(2)44(62)28-46-39(25-35-16-20-43(61)47(26-35)70-8)38-12-11-21-59(48(38)55(67)72-46)54(66)53(65)56(68)34(6)15-17-36(73-56)27-45(69-7)31(3)24-37-18-19-42(29)60(74-37)49-40(57)13-10-14-41(49)58/h10,13-14,23-24,29-30,32,34-39,42-43,45-48,51-52,61,64,68H,11-12,15-22,25-28H2,1-9H3/b31-24+,33-23+/t29-,30+,32?,34?,35-,36-,37?,38?,39-,42?,43?,45-,46-,47+,48?,51?,52-,56?/m0/s1. The number of amides is 1. The van der Waals surface area contributed by atoms with E-state index in [0.717, 1.165) is 5.57 Å². The maximum Gasteiger partial charge on any atom is 0.329 e. The maximum atomic E-state index is 14.7. The number of carbonyl (C=O) groups excluding carboxylic acids is 5. The van der Waals surface area contributed by atoms with E-state index in [2.05, 4.69) is 0 Å². The van der Waals surface area contributed by atoms with Crippen molar-refractivity contribution in [1.82, 2.24) is 4.90 Å². The number of ether oxygens (including phenoxy) is 5. The third kappa shape index (κ3) is 12.5. The number of methoxy groups -OCH3 is 3. The van der Waals surface area contributed by atoms with Crippen LogP contribution in [0.4, 0.5) is 5.69 Å². The molecule has 1 aromatic carbocycles. The van der Waals surface area contributed by atoms with Crippen LogP contribution in [0.5, 0.6) is 0 Å². The van der Waals surface area contributed by atoms with Gasteiger partial charge < -0.3 is 43.9 Å². The number of carbonyl (C=O) groups is 5. The van der Waals surface area contributed by atoms with E-state index in [0.29, 0.717) is 91.9 Å². The van der Waals surface area contributed by atoms with Gasteiger partial charge in [-0.05, 0) is 126 Å². The molecule has 4 saturated heterocycles. The summed E-state index contributed by atoms with van der Waals surface area (Å²) in [6, 6.07) is 3.79. The zero-order valence-corrected chi connectivity index (χ0v) is 46.1. The minimum absolute atomic E-state index is 0.0316. The van der Waals surface area contributed by atoms with E-state index in [1.807, 2.05) is 26.8 Å². The lowest BCUT2D eigenvalue weighted by Gasteiger charge is -2.50. The number of aliphatic hydroxyl groups is 3. The molecule has 0 aromatic heterocycles. The Morgan fingerprint density at radius 1 is 0.824 bits per heavy atom. The van der Waals surface area contributed by atoms with Crippen molar-refractivity contribution in [3.05, 3.63) is 51.5 Å². The summed E-state index contributed by atoms with van der Waals surface area (Å²) in [6.45, 7) is 10.8. The summed E-state index contributed by atoms with van der Waals surface area (Å²) < 4.78 is 29.9. The van der Waals surface area contributed by atoms with Crippen LogP contribution in [0.1, 0.15) is 125 Å². The second-order valence-corrected chi connectivity index (χ2v) is 23.2. The highest BCUT2D eigenvalue weighted by molar-refractivity contribution is 6.39. The molecule has 8 heterocycles. The number of piperidine rings is 1. The number of hydrogen-bond donors (Lipinski definition) is 3. The minimum Gasteiger partial charge on any atom is -0.460 e. The number of halogens is 2. The van der Waals surface area contributed by atoms with Crippen LogP contribution >= 0.6 is 23.2 Å². The van der Waals surface area contributed by atoms with Crippen molar-refractivity contribution in [2.75, 3.05) is 32.9 Å². The Kier molecular flexibility index (Phi) is 19.7. The van der Waals surface area contributed by atoms with Crippen molar-refractivity contribution in [3.8, 4) is 0 Å². The van der Waals surface area contributed by atoms with Crippen molar-refractivity contribution in [2.45, 2.75) is 192 Å². The summed E-state index contributed by atoms with van der Waals surface area (Å²) in [5, 5.41) is 37.2. The van der Waals surface area contributed by atoms with Gasteiger partial charge in [-0.2, -0.15) is 0 Å². The number of hydroxylamine groups is 1. The molecule has 18 atom stereocenters. The molecule has 16 nitrogen and oxygen atoms in total. The summed E-state index contributed by atoms with van der Waals surface area (Å²) in [4.78, 5) is 80.3. The van der Waals surface area contributed by atoms with Gasteiger partial charge in [0.1, 0.15) is 41.9 Å².